The molecule has 1 rings (SSSR count). The summed E-state index contributed by atoms with van der Waals surface area (Å²) in [4.78, 5) is 0. The van der Waals surface area contributed by atoms with Gasteiger partial charge in [-0.3, -0.25) is 0 Å². The molecule has 0 saturated carbocycles. The summed E-state index contributed by atoms with van der Waals surface area (Å²) in [6.07, 6.45) is 0. The maximum atomic E-state index is 13.5. The van der Waals surface area contributed by atoms with Gasteiger partial charge in [0.05, 0.1) is 0 Å². The molecule has 0 aliphatic rings. The Hall–Kier alpha value is 0.0700. The quantitative estimate of drug-likeness (QED) is 0.787. The van der Waals surface area contributed by atoms with E-state index in [9.17, 15) is 4.39 Å². The molecule has 0 spiro atoms. The van der Waals surface area contributed by atoms with Gasteiger partial charge in [0.25, 0.3) is 0 Å². The van der Waals surface area contributed by atoms with Crippen molar-refractivity contribution in [3.8, 4) is 0 Å². The zero-order valence-corrected chi connectivity index (χ0v) is 12.6. The summed E-state index contributed by atoms with van der Waals surface area (Å²) >= 11 is 6.70. The average Bonchev–Trinajstić information content (AvgIpc) is 2.21. The lowest BCUT2D eigenvalue weighted by Gasteiger charge is -2.20. The predicted molar refractivity (Wildman–Crippen MR) is 73.4 cm³/mol. The van der Waals surface area contributed by atoms with Crippen LogP contribution in [0.2, 0.25) is 0 Å². The highest BCUT2D eigenvalue weighted by molar-refractivity contribution is 9.10. The van der Waals surface area contributed by atoms with E-state index in [1.165, 1.54) is 6.07 Å². The van der Waals surface area contributed by atoms with Crippen molar-refractivity contribution in [3.63, 3.8) is 0 Å². The smallest absolute Gasteiger partial charge is 0.128 e. The normalized spacial score (nSPS) is 13.1. The SMILES string of the molecule is CC(C)C(CBr)NCc1ccc(Br)cc1F. The predicted octanol–water partition coefficient (Wildman–Crippen LogP) is 4.10. The molecule has 1 aromatic carbocycles. The lowest BCUT2D eigenvalue weighted by Crippen LogP contribution is -2.34. The van der Waals surface area contributed by atoms with Crippen molar-refractivity contribution in [3.05, 3.63) is 34.1 Å². The molecular formula is C12H16Br2FN. The summed E-state index contributed by atoms with van der Waals surface area (Å²) in [5.41, 5.74) is 0.704. The van der Waals surface area contributed by atoms with Gasteiger partial charge in [0, 0.05) is 28.0 Å². The number of benzene rings is 1. The molecule has 1 unspecified atom stereocenters. The molecule has 1 N–H and O–H groups in total. The van der Waals surface area contributed by atoms with Gasteiger partial charge in [0.1, 0.15) is 5.82 Å². The van der Waals surface area contributed by atoms with Crippen molar-refractivity contribution in [1.82, 2.24) is 5.32 Å². The van der Waals surface area contributed by atoms with E-state index in [0.717, 1.165) is 9.80 Å². The van der Waals surface area contributed by atoms with E-state index in [1.807, 2.05) is 6.07 Å². The Morgan fingerprint density at radius 1 is 1.38 bits per heavy atom. The van der Waals surface area contributed by atoms with Gasteiger partial charge in [0.2, 0.25) is 0 Å². The Balaban J connectivity index is 2.60. The van der Waals surface area contributed by atoms with E-state index >= 15 is 0 Å². The van der Waals surface area contributed by atoms with Gasteiger partial charge < -0.3 is 5.32 Å². The second kappa shape index (κ2) is 6.72. The van der Waals surface area contributed by atoms with Gasteiger partial charge in [-0.1, -0.05) is 51.8 Å². The fraction of sp³-hybridized carbons (Fsp3) is 0.500. The summed E-state index contributed by atoms with van der Waals surface area (Å²) in [5.74, 6) is 0.358. The van der Waals surface area contributed by atoms with Crippen molar-refractivity contribution in [2.24, 2.45) is 5.92 Å². The van der Waals surface area contributed by atoms with Crippen molar-refractivity contribution >= 4 is 31.9 Å². The van der Waals surface area contributed by atoms with Crippen LogP contribution in [0.1, 0.15) is 19.4 Å². The van der Waals surface area contributed by atoms with Crippen LogP contribution in [0.4, 0.5) is 4.39 Å². The monoisotopic (exact) mass is 351 g/mol. The van der Waals surface area contributed by atoms with Crippen LogP contribution in [0.15, 0.2) is 22.7 Å². The van der Waals surface area contributed by atoms with Crippen LogP contribution in [0.5, 0.6) is 0 Å². The van der Waals surface area contributed by atoms with E-state index < -0.39 is 0 Å². The van der Waals surface area contributed by atoms with E-state index in [1.54, 1.807) is 6.07 Å². The topological polar surface area (TPSA) is 12.0 Å². The Bertz CT molecular complexity index is 342. The summed E-state index contributed by atoms with van der Waals surface area (Å²) in [6, 6.07) is 5.52. The van der Waals surface area contributed by atoms with Crippen LogP contribution in [0.25, 0.3) is 0 Å². The zero-order chi connectivity index (χ0) is 12.1. The van der Waals surface area contributed by atoms with Gasteiger partial charge in [-0.15, -0.1) is 0 Å². The van der Waals surface area contributed by atoms with E-state index in [2.05, 4.69) is 51.0 Å². The van der Waals surface area contributed by atoms with Gasteiger partial charge in [-0.2, -0.15) is 0 Å². The molecule has 1 atom stereocenters. The first kappa shape index (κ1) is 14.1. The number of hydrogen-bond donors (Lipinski definition) is 1. The molecule has 0 fully saturated rings. The summed E-state index contributed by atoms with van der Waals surface area (Å²) in [6.45, 7) is 4.86. The number of rotatable bonds is 5. The number of alkyl halides is 1. The minimum atomic E-state index is -0.168. The second-order valence-electron chi connectivity index (χ2n) is 4.12. The van der Waals surface area contributed by atoms with E-state index in [-0.39, 0.29) is 5.82 Å². The Morgan fingerprint density at radius 2 is 2.06 bits per heavy atom. The number of nitrogens with one attached hydrogen (secondary N) is 1. The van der Waals surface area contributed by atoms with E-state index in [0.29, 0.717) is 24.1 Å². The molecule has 16 heavy (non-hydrogen) atoms. The Kier molecular flexibility index (Phi) is 5.94. The molecule has 4 heteroatoms. The van der Waals surface area contributed by atoms with Crippen molar-refractivity contribution < 1.29 is 4.39 Å². The molecule has 0 aromatic heterocycles. The van der Waals surface area contributed by atoms with Crippen molar-refractivity contribution in [2.75, 3.05) is 5.33 Å². The largest absolute Gasteiger partial charge is 0.309 e. The molecule has 1 nitrogen and oxygen atoms in total. The first-order valence-corrected chi connectivity index (χ1v) is 7.19. The molecule has 0 saturated heterocycles. The molecule has 0 radical (unpaired) electrons. The Morgan fingerprint density at radius 3 is 2.56 bits per heavy atom. The maximum Gasteiger partial charge on any atom is 0.128 e. The lowest BCUT2D eigenvalue weighted by atomic mass is 10.1. The van der Waals surface area contributed by atoms with Gasteiger partial charge in [0.15, 0.2) is 0 Å². The third-order valence-corrected chi connectivity index (χ3v) is 3.73. The average molecular weight is 353 g/mol. The van der Waals surface area contributed by atoms with E-state index in [4.69, 9.17) is 0 Å². The highest BCUT2D eigenvalue weighted by Crippen LogP contribution is 2.15. The molecule has 1 aromatic rings. The van der Waals surface area contributed by atoms with Crippen LogP contribution >= 0.6 is 31.9 Å². The molecule has 0 bridgehead atoms. The highest BCUT2D eigenvalue weighted by atomic mass is 79.9. The second-order valence-corrected chi connectivity index (χ2v) is 5.68. The van der Waals surface area contributed by atoms with Gasteiger partial charge >= 0.3 is 0 Å². The first-order chi connectivity index (χ1) is 7.54. The summed E-state index contributed by atoms with van der Waals surface area (Å²) < 4.78 is 14.3. The highest BCUT2D eigenvalue weighted by Gasteiger charge is 2.11. The van der Waals surface area contributed by atoms with Crippen LogP contribution < -0.4 is 5.32 Å². The number of hydrogen-bond acceptors (Lipinski definition) is 1. The molecular weight excluding hydrogens is 337 g/mol. The zero-order valence-electron chi connectivity index (χ0n) is 9.43. The summed E-state index contributed by atoms with van der Waals surface area (Å²) in [5, 5.41) is 4.22. The minimum Gasteiger partial charge on any atom is -0.309 e. The van der Waals surface area contributed by atoms with Gasteiger partial charge in [-0.05, 0) is 18.1 Å². The van der Waals surface area contributed by atoms with Crippen LogP contribution in [-0.2, 0) is 6.54 Å². The van der Waals surface area contributed by atoms with Crippen LogP contribution in [0.3, 0.4) is 0 Å². The van der Waals surface area contributed by atoms with Crippen molar-refractivity contribution in [1.29, 1.82) is 0 Å². The van der Waals surface area contributed by atoms with Crippen LogP contribution in [0, 0.1) is 11.7 Å². The Labute approximate surface area is 113 Å². The molecule has 0 amide bonds. The maximum absolute atomic E-state index is 13.5. The fourth-order valence-corrected chi connectivity index (χ4v) is 2.68. The number of halogens is 3. The molecule has 90 valence electrons. The third-order valence-electron chi connectivity index (χ3n) is 2.54. The molecule has 0 aliphatic carbocycles. The third kappa shape index (κ3) is 4.15. The molecule has 0 heterocycles. The first-order valence-electron chi connectivity index (χ1n) is 5.28. The van der Waals surface area contributed by atoms with Crippen LogP contribution in [-0.4, -0.2) is 11.4 Å². The molecule has 0 aliphatic heterocycles. The lowest BCUT2D eigenvalue weighted by molar-refractivity contribution is 0.429. The summed E-state index contributed by atoms with van der Waals surface area (Å²) in [7, 11) is 0. The standard InChI is InChI=1S/C12H16Br2FN/c1-8(2)12(6-13)16-7-9-3-4-10(14)5-11(9)15/h3-5,8,12,16H,6-7H2,1-2H3. The van der Waals surface area contributed by atoms with Gasteiger partial charge in [-0.25, -0.2) is 4.39 Å². The van der Waals surface area contributed by atoms with Crippen molar-refractivity contribution in [2.45, 2.75) is 26.4 Å². The fourth-order valence-electron chi connectivity index (χ4n) is 1.37. The minimum absolute atomic E-state index is 0.168.